The zero-order chi connectivity index (χ0) is 15.2. The smallest absolute Gasteiger partial charge is 0.229 e. The number of rotatable bonds is 5. The summed E-state index contributed by atoms with van der Waals surface area (Å²) in [5.74, 6) is -0.127. The third-order valence-corrected chi connectivity index (χ3v) is 3.90. The molecule has 2 amide bonds. The standard InChI is InChI=1S/C16H23N3O2/c1-3-19(4-2)14-8-6-13(7-9-14)18-16(21)12-5-10-15(20)17-11-12/h6-9,12H,3-5,10-11H2,1-2H3,(H,17,20)(H,18,21). The van der Waals surface area contributed by atoms with Crippen molar-refractivity contribution in [2.45, 2.75) is 26.7 Å². The topological polar surface area (TPSA) is 61.4 Å². The van der Waals surface area contributed by atoms with Gasteiger partial charge in [0.05, 0.1) is 5.92 Å². The van der Waals surface area contributed by atoms with E-state index in [0.717, 1.165) is 24.5 Å². The molecular weight excluding hydrogens is 266 g/mol. The van der Waals surface area contributed by atoms with E-state index >= 15 is 0 Å². The Labute approximate surface area is 125 Å². The minimum absolute atomic E-state index is 0.0226. The molecule has 0 saturated carbocycles. The Morgan fingerprint density at radius 1 is 1.29 bits per heavy atom. The van der Waals surface area contributed by atoms with E-state index in [1.807, 2.05) is 24.3 Å². The van der Waals surface area contributed by atoms with E-state index in [1.54, 1.807) is 0 Å². The highest BCUT2D eigenvalue weighted by Crippen LogP contribution is 2.19. The second-order valence-corrected chi connectivity index (χ2v) is 5.25. The molecule has 1 aromatic carbocycles. The maximum atomic E-state index is 12.1. The van der Waals surface area contributed by atoms with Crippen molar-refractivity contribution in [3.8, 4) is 0 Å². The summed E-state index contributed by atoms with van der Waals surface area (Å²) in [5.41, 5.74) is 1.95. The largest absolute Gasteiger partial charge is 0.372 e. The molecule has 1 fully saturated rings. The van der Waals surface area contributed by atoms with Gasteiger partial charge in [-0.25, -0.2) is 0 Å². The zero-order valence-corrected chi connectivity index (χ0v) is 12.7. The second kappa shape index (κ2) is 7.11. The number of carbonyl (C=O) groups is 2. The minimum atomic E-state index is -0.134. The number of amides is 2. The van der Waals surface area contributed by atoms with Crippen molar-refractivity contribution in [3.63, 3.8) is 0 Å². The van der Waals surface area contributed by atoms with Gasteiger partial charge >= 0.3 is 0 Å². The van der Waals surface area contributed by atoms with E-state index in [0.29, 0.717) is 19.4 Å². The maximum Gasteiger partial charge on any atom is 0.229 e. The van der Waals surface area contributed by atoms with Crippen LogP contribution >= 0.6 is 0 Å². The Balaban J connectivity index is 1.93. The predicted octanol–water partition coefficient (Wildman–Crippen LogP) is 2.00. The lowest BCUT2D eigenvalue weighted by Gasteiger charge is -2.23. The van der Waals surface area contributed by atoms with Crippen LogP contribution in [-0.4, -0.2) is 31.4 Å². The molecule has 21 heavy (non-hydrogen) atoms. The van der Waals surface area contributed by atoms with Crippen LogP contribution in [0.2, 0.25) is 0 Å². The fourth-order valence-corrected chi connectivity index (χ4v) is 2.55. The SMILES string of the molecule is CCN(CC)c1ccc(NC(=O)C2CCC(=O)NC2)cc1. The van der Waals surface area contributed by atoms with Crippen molar-refractivity contribution in [2.75, 3.05) is 29.9 Å². The van der Waals surface area contributed by atoms with Gasteiger partial charge < -0.3 is 15.5 Å². The Morgan fingerprint density at radius 3 is 2.48 bits per heavy atom. The summed E-state index contributed by atoms with van der Waals surface area (Å²) in [6.45, 7) is 6.60. The van der Waals surface area contributed by atoms with Crippen LogP contribution < -0.4 is 15.5 Å². The van der Waals surface area contributed by atoms with Crippen LogP contribution in [0.1, 0.15) is 26.7 Å². The first-order valence-corrected chi connectivity index (χ1v) is 7.56. The lowest BCUT2D eigenvalue weighted by molar-refractivity contribution is -0.126. The van der Waals surface area contributed by atoms with Crippen molar-refractivity contribution in [2.24, 2.45) is 5.92 Å². The quantitative estimate of drug-likeness (QED) is 0.871. The number of nitrogens with zero attached hydrogens (tertiary/aromatic N) is 1. The summed E-state index contributed by atoms with van der Waals surface area (Å²) in [6, 6.07) is 7.89. The molecule has 0 radical (unpaired) electrons. The Hall–Kier alpha value is -2.04. The Morgan fingerprint density at radius 2 is 1.95 bits per heavy atom. The normalized spacial score (nSPS) is 18.0. The molecule has 1 saturated heterocycles. The monoisotopic (exact) mass is 289 g/mol. The van der Waals surface area contributed by atoms with Crippen LogP contribution in [0.5, 0.6) is 0 Å². The van der Waals surface area contributed by atoms with Gasteiger partial charge in [-0.3, -0.25) is 9.59 Å². The van der Waals surface area contributed by atoms with E-state index < -0.39 is 0 Å². The predicted molar refractivity (Wildman–Crippen MR) is 84.4 cm³/mol. The van der Waals surface area contributed by atoms with Gasteiger partial charge in [-0.15, -0.1) is 0 Å². The summed E-state index contributed by atoms with van der Waals surface area (Å²) in [4.78, 5) is 25.5. The Kier molecular flexibility index (Phi) is 5.20. The molecule has 0 spiro atoms. The van der Waals surface area contributed by atoms with Gasteiger partial charge in [0, 0.05) is 37.4 Å². The number of nitrogens with one attached hydrogen (secondary N) is 2. The lowest BCUT2D eigenvalue weighted by atomic mass is 9.98. The molecule has 1 unspecified atom stereocenters. The lowest BCUT2D eigenvalue weighted by Crippen LogP contribution is -2.40. The number of carbonyl (C=O) groups excluding carboxylic acids is 2. The van der Waals surface area contributed by atoms with Crippen molar-refractivity contribution in [1.29, 1.82) is 0 Å². The van der Waals surface area contributed by atoms with Gasteiger partial charge in [-0.05, 0) is 44.5 Å². The van der Waals surface area contributed by atoms with Gasteiger partial charge in [0.15, 0.2) is 0 Å². The summed E-state index contributed by atoms with van der Waals surface area (Å²) in [6.07, 6.45) is 1.05. The van der Waals surface area contributed by atoms with Crippen molar-refractivity contribution in [1.82, 2.24) is 5.32 Å². The second-order valence-electron chi connectivity index (χ2n) is 5.25. The molecule has 0 bridgehead atoms. The van der Waals surface area contributed by atoms with Crippen LogP contribution in [0.25, 0.3) is 0 Å². The number of hydrogen-bond acceptors (Lipinski definition) is 3. The van der Waals surface area contributed by atoms with Crippen LogP contribution in [-0.2, 0) is 9.59 Å². The van der Waals surface area contributed by atoms with Crippen LogP contribution in [0.3, 0.4) is 0 Å². The van der Waals surface area contributed by atoms with E-state index in [4.69, 9.17) is 0 Å². The molecule has 0 aromatic heterocycles. The number of hydrogen-bond donors (Lipinski definition) is 2. The first-order chi connectivity index (χ1) is 10.1. The third-order valence-electron chi connectivity index (χ3n) is 3.90. The van der Waals surface area contributed by atoms with Gasteiger partial charge in [0.2, 0.25) is 11.8 Å². The minimum Gasteiger partial charge on any atom is -0.372 e. The van der Waals surface area contributed by atoms with Crippen molar-refractivity contribution in [3.05, 3.63) is 24.3 Å². The summed E-state index contributed by atoms with van der Waals surface area (Å²) < 4.78 is 0. The molecule has 5 nitrogen and oxygen atoms in total. The molecule has 1 atom stereocenters. The van der Waals surface area contributed by atoms with Gasteiger partial charge in [-0.2, -0.15) is 0 Å². The molecule has 114 valence electrons. The van der Waals surface area contributed by atoms with E-state index in [2.05, 4.69) is 29.4 Å². The molecule has 2 N–H and O–H groups in total. The van der Waals surface area contributed by atoms with Crippen molar-refractivity contribution < 1.29 is 9.59 Å². The highest BCUT2D eigenvalue weighted by molar-refractivity contribution is 5.94. The summed E-state index contributed by atoms with van der Waals surface area (Å²) in [5, 5.41) is 5.65. The van der Waals surface area contributed by atoms with Gasteiger partial charge in [-0.1, -0.05) is 0 Å². The summed E-state index contributed by atoms with van der Waals surface area (Å²) >= 11 is 0. The van der Waals surface area contributed by atoms with E-state index in [9.17, 15) is 9.59 Å². The fraction of sp³-hybridized carbons (Fsp3) is 0.500. The number of benzene rings is 1. The zero-order valence-electron chi connectivity index (χ0n) is 12.7. The van der Waals surface area contributed by atoms with E-state index in [-0.39, 0.29) is 17.7 Å². The molecule has 1 aliphatic rings. The average molecular weight is 289 g/mol. The first-order valence-electron chi connectivity index (χ1n) is 7.56. The summed E-state index contributed by atoms with van der Waals surface area (Å²) in [7, 11) is 0. The molecule has 5 heteroatoms. The molecule has 1 heterocycles. The van der Waals surface area contributed by atoms with Crippen molar-refractivity contribution >= 4 is 23.2 Å². The molecule has 2 rings (SSSR count). The maximum absolute atomic E-state index is 12.1. The van der Waals surface area contributed by atoms with Crippen LogP contribution in [0, 0.1) is 5.92 Å². The number of piperidine rings is 1. The van der Waals surface area contributed by atoms with E-state index in [1.165, 1.54) is 0 Å². The van der Waals surface area contributed by atoms with Gasteiger partial charge in [0.25, 0.3) is 0 Å². The third kappa shape index (κ3) is 3.97. The average Bonchev–Trinajstić information content (AvgIpc) is 2.51. The molecule has 0 aliphatic carbocycles. The highest BCUT2D eigenvalue weighted by Gasteiger charge is 2.24. The highest BCUT2D eigenvalue weighted by atomic mass is 16.2. The first kappa shape index (κ1) is 15.4. The van der Waals surface area contributed by atoms with Crippen LogP contribution in [0.15, 0.2) is 24.3 Å². The Bertz CT molecular complexity index is 485. The molecule has 1 aromatic rings. The number of anilines is 2. The van der Waals surface area contributed by atoms with Gasteiger partial charge in [0.1, 0.15) is 0 Å². The molecule has 1 aliphatic heterocycles. The van der Waals surface area contributed by atoms with Crippen LogP contribution in [0.4, 0.5) is 11.4 Å². The molecular formula is C16H23N3O2. The fourth-order valence-electron chi connectivity index (χ4n) is 2.55.